The molecule has 2 aromatic rings. The maximum absolute atomic E-state index is 4.48. The summed E-state index contributed by atoms with van der Waals surface area (Å²) in [4.78, 5) is 2.13. The summed E-state index contributed by atoms with van der Waals surface area (Å²) >= 11 is 0. The normalized spacial score (nSPS) is 11.9. The third-order valence-corrected chi connectivity index (χ3v) is 5.35. The summed E-state index contributed by atoms with van der Waals surface area (Å²) in [6.45, 7) is 7.01. The molecule has 0 aliphatic carbocycles. The molecule has 0 N–H and O–H groups in total. The van der Waals surface area contributed by atoms with Crippen molar-refractivity contribution in [2.45, 2.75) is 19.6 Å². The second-order valence-electron chi connectivity index (χ2n) is 6.38. The third kappa shape index (κ3) is 4.01. The number of benzene rings is 2. The van der Waals surface area contributed by atoms with Gasteiger partial charge in [0, 0.05) is 19.8 Å². The molecule has 2 rings (SSSR count). The zero-order chi connectivity index (χ0) is 15.5. The molecule has 2 aromatic carbocycles. The van der Waals surface area contributed by atoms with Crippen molar-refractivity contribution in [3.63, 3.8) is 0 Å². The second-order valence-corrected chi connectivity index (χ2v) is 11.4. The Kier molecular flexibility index (Phi) is 4.58. The molecule has 0 heterocycles. The van der Waals surface area contributed by atoms with E-state index in [4.69, 9.17) is 0 Å². The molecule has 0 bridgehead atoms. The van der Waals surface area contributed by atoms with E-state index in [0.29, 0.717) is 0 Å². The Hall–Kier alpha value is -1.94. The summed E-state index contributed by atoms with van der Waals surface area (Å²) in [7, 11) is 2.65. The number of hydrogen-bond donors (Lipinski definition) is 0. The lowest BCUT2D eigenvalue weighted by Gasteiger charge is -2.22. The van der Waals surface area contributed by atoms with Crippen LogP contribution < -0.4 is 10.1 Å². The Balaban J connectivity index is 2.41. The van der Waals surface area contributed by atoms with Crippen LogP contribution in [0.2, 0.25) is 19.6 Å². The average molecular weight is 297 g/mol. The molecular formula is C17H23N3Si. The summed E-state index contributed by atoms with van der Waals surface area (Å²) in [5, 5.41) is 10.2. The van der Waals surface area contributed by atoms with Gasteiger partial charge in [-0.1, -0.05) is 37.8 Å². The lowest BCUT2D eigenvalue weighted by atomic mass is 10.2. The van der Waals surface area contributed by atoms with Crippen LogP contribution in [0.25, 0.3) is 0 Å². The fourth-order valence-electron chi connectivity index (χ4n) is 2.10. The van der Waals surface area contributed by atoms with Crippen LogP contribution in [0.4, 0.5) is 17.1 Å². The lowest BCUT2D eigenvalue weighted by molar-refractivity contribution is 1.13. The SMILES string of the molecule is CN(C)c1ccc(N=Nc2ccccc2)c([Si](C)(C)C)c1. The Morgan fingerprint density at radius 1 is 0.857 bits per heavy atom. The van der Waals surface area contributed by atoms with Gasteiger partial charge in [-0.2, -0.15) is 10.2 Å². The predicted octanol–water partition coefficient (Wildman–Crippen LogP) is 4.71. The quantitative estimate of drug-likeness (QED) is 0.593. The van der Waals surface area contributed by atoms with Crippen LogP contribution in [0.3, 0.4) is 0 Å². The smallest absolute Gasteiger partial charge is 0.0857 e. The summed E-state index contributed by atoms with van der Waals surface area (Å²) in [6, 6.07) is 16.3. The first kappa shape index (κ1) is 15.4. The van der Waals surface area contributed by atoms with Crippen molar-refractivity contribution in [3.05, 3.63) is 48.5 Å². The highest BCUT2D eigenvalue weighted by Gasteiger charge is 2.21. The Morgan fingerprint density at radius 2 is 1.52 bits per heavy atom. The summed E-state index contributed by atoms with van der Waals surface area (Å²) in [5.41, 5.74) is 3.09. The van der Waals surface area contributed by atoms with Crippen molar-refractivity contribution in [1.82, 2.24) is 0 Å². The Morgan fingerprint density at radius 3 is 2.10 bits per heavy atom. The fraction of sp³-hybridized carbons (Fsp3) is 0.294. The van der Waals surface area contributed by atoms with E-state index in [1.54, 1.807) is 0 Å². The largest absolute Gasteiger partial charge is 0.378 e. The highest BCUT2D eigenvalue weighted by molar-refractivity contribution is 6.89. The molecule has 0 radical (unpaired) electrons. The lowest BCUT2D eigenvalue weighted by Crippen LogP contribution is -2.38. The van der Waals surface area contributed by atoms with Crippen molar-refractivity contribution in [2.75, 3.05) is 19.0 Å². The van der Waals surface area contributed by atoms with E-state index in [0.717, 1.165) is 11.4 Å². The van der Waals surface area contributed by atoms with Crippen molar-refractivity contribution in [2.24, 2.45) is 10.2 Å². The standard InChI is InChI=1S/C17H23N3Si/c1-20(2)15-11-12-16(17(13-15)21(3,4)5)19-18-14-9-7-6-8-10-14/h6-13H,1-5H3. The predicted molar refractivity (Wildman–Crippen MR) is 94.4 cm³/mol. The van der Waals surface area contributed by atoms with Gasteiger partial charge in [0.25, 0.3) is 0 Å². The van der Waals surface area contributed by atoms with Gasteiger partial charge >= 0.3 is 0 Å². The zero-order valence-corrected chi connectivity index (χ0v) is 14.5. The van der Waals surface area contributed by atoms with Crippen LogP contribution in [0.5, 0.6) is 0 Å². The second kappa shape index (κ2) is 6.22. The van der Waals surface area contributed by atoms with Crippen LogP contribution in [-0.2, 0) is 0 Å². The van der Waals surface area contributed by atoms with Gasteiger partial charge in [0.1, 0.15) is 0 Å². The van der Waals surface area contributed by atoms with E-state index in [2.05, 4.69) is 67.1 Å². The van der Waals surface area contributed by atoms with E-state index in [1.165, 1.54) is 10.9 Å². The van der Waals surface area contributed by atoms with Gasteiger partial charge in [-0.3, -0.25) is 0 Å². The topological polar surface area (TPSA) is 28.0 Å². The molecule has 0 amide bonds. The van der Waals surface area contributed by atoms with Gasteiger partial charge in [0.15, 0.2) is 0 Å². The van der Waals surface area contributed by atoms with Crippen molar-refractivity contribution < 1.29 is 0 Å². The van der Waals surface area contributed by atoms with Gasteiger partial charge in [-0.15, -0.1) is 0 Å². The number of azo groups is 1. The molecule has 0 aliphatic rings. The molecule has 0 saturated heterocycles. The van der Waals surface area contributed by atoms with Crippen molar-refractivity contribution in [1.29, 1.82) is 0 Å². The molecule has 0 atom stereocenters. The number of hydrogen-bond acceptors (Lipinski definition) is 3. The molecular weight excluding hydrogens is 274 g/mol. The first-order valence-corrected chi connectivity index (χ1v) is 10.7. The van der Waals surface area contributed by atoms with Crippen LogP contribution in [0.15, 0.2) is 58.8 Å². The van der Waals surface area contributed by atoms with Gasteiger partial charge < -0.3 is 4.90 Å². The van der Waals surface area contributed by atoms with E-state index in [1.807, 2.05) is 30.3 Å². The highest BCUT2D eigenvalue weighted by Crippen LogP contribution is 2.23. The number of nitrogens with zero attached hydrogens (tertiary/aromatic N) is 3. The van der Waals surface area contributed by atoms with E-state index in [-0.39, 0.29) is 0 Å². The molecule has 21 heavy (non-hydrogen) atoms. The maximum Gasteiger partial charge on any atom is 0.0857 e. The van der Waals surface area contributed by atoms with Gasteiger partial charge in [-0.05, 0) is 35.5 Å². The number of anilines is 1. The van der Waals surface area contributed by atoms with Crippen LogP contribution in [0, 0.1) is 0 Å². The maximum atomic E-state index is 4.48. The number of rotatable bonds is 4. The Bertz CT molecular complexity index is 628. The van der Waals surface area contributed by atoms with Gasteiger partial charge in [0.05, 0.1) is 19.4 Å². The molecule has 0 unspecified atom stereocenters. The monoisotopic (exact) mass is 297 g/mol. The Labute approximate surface area is 128 Å². The fourth-order valence-corrected chi connectivity index (χ4v) is 3.58. The van der Waals surface area contributed by atoms with Crippen molar-refractivity contribution >= 4 is 30.3 Å². The minimum absolute atomic E-state index is 0.885. The molecule has 3 nitrogen and oxygen atoms in total. The molecule has 0 saturated carbocycles. The molecule has 110 valence electrons. The summed E-state index contributed by atoms with van der Waals surface area (Å²) < 4.78 is 0. The van der Waals surface area contributed by atoms with Crippen LogP contribution in [0.1, 0.15) is 0 Å². The minimum Gasteiger partial charge on any atom is -0.378 e. The van der Waals surface area contributed by atoms with E-state index < -0.39 is 8.07 Å². The van der Waals surface area contributed by atoms with E-state index >= 15 is 0 Å². The van der Waals surface area contributed by atoms with Crippen molar-refractivity contribution in [3.8, 4) is 0 Å². The molecule has 4 heteroatoms. The van der Waals surface area contributed by atoms with Crippen LogP contribution >= 0.6 is 0 Å². The van der Waals surface area contributed by atoms with Gasteiger partial charge in [0.2, 0.25) is 0 Å². The average Bonchev–Trinajstić information content (AvgIpc) is 2.45. The molecule has 0 spiro atoms. The highest BCUT2D eigenvalue weighted by atomic mass is 28.3. The molecule has 0 fully saturated rings. The first-order valence-electron chi connectivity index (χ1n) is 7.16. The zero-order valence-electron chi connectivity index (χ0n) is 13.5. The first-order chi connectivity index (χ1) is 9.88. The summed E-state index contributed by atoms with van der Waals surface area (Å²) in [5.74, 6) is 0. The van der Waals surface area contributed by atoms with E-state index in [9.17, 15) is 0 Å². The molecule has 0 aliphatic heterocycles. The van der Waals surface area contributed by atoms with Crippen LogP contribution in [-0.4, -0.2) is 22.2 Å². The molecule has 0 aromatic heterocycles. The third-order valence-electron chi connectivity index (χ3n) is 3.33. The minimum atomic E-state index is -1.47. The van der Waals surface area contributed by atoms with Gasteiger partial charge in [-0.25, -0.2) is 0 Å². The summed E-state index contributed by atoms with van der Waals surface area (Å²) in [6.07, 6.45) is 0.